The molecule has 0 saturated heterocycles. The van der Waals surface area contributed by atoms with Crippen LogP contribution in [0, 0.1) is 11.7 Å². The highest BCUT2D eigenvalue weighted by Gasteiger charge is 2.27. The summed E-state index contributed by atoms with van der Waals surface area (Å²) in [4.78, 5) is 24.0. The first-order valence-corrected chi connectivity index (χ1v) is 9.98. The number of rotatable bonds is 5. The molecule has 1 aliphatic rings. The molecule has 0 spiro atoms. The Morgan fingerprint density at radius 3 is 2.58 bits per heavy atom. The summed E-state index contributed by atoms with van der Waals surface area (Å²) in [7, 11) is -4.10. The first-order chi connectivity index (χ1) is 12.1. The van der Waals surface area contributed by atoms with Gasteiger partial charge < -0.3 is 10.1 Å². The Kier molecular flexibility index (Phi) is 6.35. The second-order valence-electron chi connectivity index (χ2n) is 6.61. The molecule has 0 heterocycles. The molecule has 1 saturated carbocycles. The van der Waals surface area contributed by atoms with Crippen molar-refractivity contribution in [2.75, 3.05) is 0 Å². The largest absolute Gasteiger partial charge is 0.449 e. The number of hydrogen-bond acceptors (Lipinski definition) is 5. The molecule has 3 atom stereocenters. The molecule has 0 radical (unpaired) electrons. The van der Waals surface area contributed by atoms with E-state index >= 15 is 0 Å². The average Bonchev–Trinajstić information content (AvgIpc) is 2.56. The zero-order chi connectivity index (χ0) is 19.5. The van der Waals surface area contributed by atoms with Crippen LogP contribution in [0.2, 0.25) is 0 Å². The summed E-state index contributed by atoms with van der Waals surface area (Å²) in [6, 6.07) is 2.56. The topological polar surface area (TPSA) is 116 Å². The van der Waals surface area contributed by atoms with Crippen LogP contribution in [0.3, 0.4) is 0 Å². The zero-order valence-corrected chi connectivity index (χ0v) is 15.5. The second kappa shape index (κ2) is 8.13. The van der Waals surface area contributed by atoms with E-state index in [9.17, 15) is 22.4 Å². The van der Waals surface area contributed by atoms with Crippen molar-refractivity contribution in [3.05, 3.63) is 29.6 Å². The molecule has 3 N–H and O–H groups in total. The Balaban J connectivity index is 2.05. The molecule has 0 bridgehead atoms. The molecule has 2 rings (SSSR count). The fraction of sp³-hybridized carbons (Fsp3) is 0.529. The lowest BCUT2D eigenvalue weighted by Gasteiger charge is -2.30. The van der Waals surface area contributed by atoms with E-state index < -0.39 is 44.3 Å². The van der Waals surface area contributed by atoms with E-state index in [1.165, 1.54) is 6.92 Å². The van der Waals surface area contributed by atoms with Crippen molar-refractivity contribution >= 4 is 21.9 Å². The molecule has 1 fully saturated rings. The van der Waals surface area contributed by atoms with Gasteiger partial charge in [0.2, 0.25) is 10.0 Å². The predicted molar refractivity (Wildman–Crippen MR) is 92.2 cm³/mol. The van der Waals surface area contributed by atoms with Gasteiger partial charge in [0.1, 0.15) is 5.82 Å². The number of esters is 1. The minimum Gasteiger partial charge on any atom is -0.449 e. The molecule has 26 heavy (non-hydrogen) atoms. The Labute approximate surface area is 152 Å². The van der Waals surface area contributed by atoms with Gasteiger partial charge in [-0.2, -0.15) is 0 Å². The van der Waals surface area contributed by atoms with Crippen molar-refractivity contribution in [1.29, 1.82) is 0 Å². The normalized spacial score (nSPS) is 21.7. The number of nitrogens with two attached hydrogens (primary N) is 1. The van der Waals surface area contributed by atoms with Crippen molar-refractivity contribution in [2.45, 2.75) is 56.6 Å². The van der Waals surface area contributed by atoms with Crippen LogP contribution in [-0.4, -0.2) is 32.4 Å². The van der Waals surface area contributed by atoms with Gasteiger partial charge in [0.15, 0.2) is 6.10 Å². The number of sulfonamides is 1. The first kappa shape index (κ1) is 20.3. The average molecular weight is 386 g/mol. The third kappa shape index (κ3) is 5.01. The Morgan fingerprint density at radius 2 is 1.96 bits per heavy atom. The first-order valence-electron chi connectivity index (χ1n) is 8.43. The van der Waals surface area contributed by atoms with Gasteiger partial charge >= 0.3 is 5.97 Å². The SMILES string of the molecule is C[C@@H]1CCCC[C@@H]1NC(=O)[C@@H](C)OC(=O)c1cc(S(N)(=O)=O)ccc1F. The number of carbonyl (C=O) groups excluding carboxylic acids is 2. The molecule has 1 amide bonds. The molecular weight excluding hydrogens is 363 g/mol. The Morgan fingerprint density at radius 1 is 1.31 bits per heavy atom. The smallest absolute Gasteiger partial charge is 0.341 e. The standard InChI is InChI=1S/C17H23FN2O5S/c1-10-5-3-4-6-15(10)20-16(21)11(2)25-17(22)13-9-12(26(19,23)24)7-8-14(13)18/h7-11,15H,3-6H2,1-2H3,(H,20,21)(H2,19,23,24)/t10-,11-,15+/m1/s1. The van der Waals surface area contributed by atoms with Gasteiger partial charge in [-0.1, -0.05) is 19.8 Å². The van der Waals surface area contributed by atoms with E-state index in [1.54, 1.807) is 0 Å². The highest BCUT2D eigenvalue weighted by molar-refractivity contribution is 7.89. The molecule has 0 aromatic heterocycles. The monoisotopic (exact) mass is 386 g/mol. The van der Waals surface area contributed by atoms with Crippen LogP contribution < -0.4 is 10.5 Å². The highest BCUT2D eigenvalue weighted by atomic mass is 32.2. The van der Waals surface area contributed by atoms with Gasteiger partial charge in [-0.05, 0) is 43.9 Å². The summed E-state index contributed by atoms with van der Waals surface area (Å²) in [5, 5.41) is 7.83. The quantitative estimate of drug-likeness (QED) is 0.748. The second-order valence-corrected chi connectivity index (χ2v) is 8.17. The number of ether oxygens (including phenoxy) is 1. The summed E-state index contributed by atoms with van der Waals surface area (Å²) in [5.41, 5.74) is -0.595. The van der Waals surface area contributed by atoms with E-state index in [2.05, 4.69) is 12.2 Å². The number of primary sulfonamides is 1. The van der Waals surface area contributed by atoms with Crippen LogP contribution in [0.15, 0.2) is 23.1 Å². The van der Waals surface area contributed by atoms with Crippen LogP contribution in [0.5, 0.6) is 0 Å². The van der Waals surface area contributed by atoms with Crippen LogP contribution in [0.1, 0.15) is 49.9 Å². The Bertz CT molecular complexity index is 796. The third-order valence-corrected chi connectivity index (χ3v) is 5.49. The van der Waals surface area contributed by atoms with Crippen molar-refractivity contribution in [1.82, 2.24) is 5.32 Å². The lowest BCUT2D eigenvalue weighted by molar-refractivity contribution is -0.130. The van der Waals surface area contributed by atoms with Gasteiger partial charge in [0, 0.05) is 6.04 Å². The van der Waals surface area contributed by atoms with E-state index in [0.717, 1.165) is 43.9 Å². The van der Waals surface area contributed by atoms with Gasteiger partial charge in [-0.25, -0.2) is 22.7 Å². The molecule has 1 aromatic carbocycles. The zero-order valence-electron chi connectivity index (χ0n) is 14.7. The van der Waals surface area contributed by atoms with E-state index in [1.807, 2.05) is 0 Å². The van der Waals surface area contributed by atoms with E-state index in [4.69, 9.17) is 9.88 Å². The van der Waals surface area contributed by atoms with Crippen LogP contribution in [0.25, 0.3) is 0 Å². The summed E-state index contributed by atoms with van der Waals surface area (Å²) in [5.74, 6) is -2.23. The van der Waals surface area contributed by atoms with Crippen molar-refractivity contribution in [3.8, 4) is 0 Å². The molecule has 1 aromatic rings. The van der Waals surface area contributed by atoms with Gasteiger partial charge in [-0.3, -0.25) is 4.79 Å². The van der Waals surface area contributed by atoms with Gasteiger partial charge in [-0.15, -0.1) is 0 Å². The molecular formula is C17H23FN2O5S. The number of amides is 1. The van der Waals surface area contributed by atoms with Gasteiger partial charge in [0.25, 0.3) is 5.91 Å². The fourth-order valence-electron chi connectivity index (χ4n) is 2.95. The lowest BCUT2D eigenvalue weighted by atomic mass is 9.86. The molecule has 1 aliphatic carbocycles. The maximum Gasteiger partial charge on any atom is 0.341 e. The molecule has 0 unspecified atom stereocenters. The number of carbonyl (C=O) groups is 2. The molecule has 144 valence electrons. The molecule has 9 heteroatoms. The number of halogens is 1. The molecule has 0 aliphatic heterocycles. The van der Waals surface area contributed by atoms with Crippen LogP contribution in [-0.2, 0) is 19.6 Å². The summed E-state index contributed by atoms with van der Waals surface area (Å²) in [6.07, 6.45) is 2.88. The maximum absolute atomic E-state index is 13.8. The fourth-order valence-corrected chi connectivity index (χ4v) is 3.49. The highest BCUT2D eigenvalue weighted by Crippen LogP contribution is 2.24. The number of hydrogen-bond donors (Lipinski definition) is 2. The predicted octanol–water partition coefficient (Wildman–Crippen LogP) is 1.71. The summed E-state index contributed by atoms with van der Waals surface area (Å²) < 4.78 is 41.5. The van der Waals surface area contributed by atoms with E-state index in [-0.39, 0.29) is 6.04 Å². The lowest BCUT2D eigenvalue weighted by Crippen LogP contribution is -2.46. The third-order valence-electron chi connectivity index (χ3n) is 4.58. The van der Waals surface area contributed by atoms with Crippen molar-refractivity contribution in [3.63, 3.8) is 0 Å². The maximum atomic E-state index is 13.8. The summed E-state index contributed by atoms with van der Waals surface area (Å²) in [6.45, 7) is 3.43. The minimum absolute atomic E-state index is 0.0137. The van der Waals surface area contributed by atoms with Crippen LogP contribution in [0.4, 0.5) is 4.39 Å². The van der Waals surface area contributed by atoms with Crippen LogP contribution >= 0.6 is 0 Å². The minimum atomic E-state index is -4.10. The van der Waals surface area contributed by atoms with Gasteiger partial charge in [0.05, 0.1) is 10.5 Å². The van der Waals surface area contributed by atoms with E-state index in [0.29, 0.717) is 5.92 Å². The number of nitrogens with one attached hydrogen (secondary N) is 1. The molecule has 7 nitrogen and oxygen atoms in total. The van der Waals surface area contributed by atoms with Crippen molar-refractivity contribution in [2.24, 2.45) is 11.1 Å². The van der Waals surface area contributed by atoms with Crippen molar-refractivity contribution < 1.29 is 27.1 Å². The summed E-state index contributed by atoms with van der Waals surface area (Å²) >= 11 is 0. The Hall–Kier alpha value is -2.00. The number of benzene rings is 1.